The molecule has 1 fully saturated rings. The molecular formula is C17H23ClN2O2. The van der Waals surface area contributed by atoms with E-state index in [2.05, 4.69) is 5.32 Å². The number of amides is 2. The number of rotatable bonds is 4. The Labute approximate surface area is 136 Å². The molecule has 2 amide bonds. The van der Waals surface area contributed by atoms with Crippen molar-refractivity contribution in [2.45, 2.75) is 52.0 Å². The molecule has 0 unspecified atom stereocenters. The van der Waals surface area contributed by atoms with Crippen molar-refractivity contribution >= 4 is 29.1 Å². The second-order valence-corrected chi connectivity index (χ2v) is 6.38. The Morgan fingerprint density at radius 2 is 1.95 bits per heavy atom. The topological polar surface area (TPSA) is 49.4 Å². The van der Waals surface area contributed by atoms with Gasteiger partial charge < -0.3 is 10.2 Å². The summed E-state index contributed by atoms with van der Waals surface area (Å²) in [5, 5.41) is 3.44. The van der Waals surface area contributed by atoms with Crippen LogP contribution in [-0.4, -0.2) is 29.3 Å². The lowest BCUT2D eigenvalue weighted by atomic mass is 9.94. The van der Waals surface area contributed by atoms with Crippen LogP contribution in [0.2, 0.25) is 5.02 Å². The lowest BCUT2D eigenvalue weighted by Crippen LogP contribution is -2.44. The molecule has 0 aromatic heterocycles. The molecule has 1 aromatic rings. The van der Waals surface area contributed by atoms with Gasteiger partial charge in [-0.1, -0.05) is 36.9 Å². The first-order chi connectivity index (χ1) is 10.5. The molecule has 0 saturated heterocycles. The maximum Gasteiger partial charge on any atom is 0.244 e. The molecule has 0 heterocycles. The zero-order valence-electron chi connectivity index (χ0n) is 13.2. The second-order valence-electron chi connectivity index (χ2n) is 5.95. The van der Waals surface area contributed by atoms with Crippen LogP contribution in [0.3, 0.4) is 0 Å². The molecule has 0 atom stereocenters. The Kier molecular flexibility index (Phi) is 5.83. The molecule has 0 spiro atoms. The van der Waals surface area contributed by atoms with E-state index in [1.54, 1.807) is 17.0 Å². The van der Waals surface area contributed by atoms with Crippen molar-refractivity contribution in [2.24, 2.45) is 0 Å². The van der Waals surface area contributed by atoms with E-state index in [1.165, 1.54) is 13.3 Å². The molecule has 5 heteroatoms. The molecule has 1 aromatic carbocycles. The van der Waals surface area contributed by atoms with Gasteiger partial charge in [-0.15, -0.1) is 0 Å². The number of hydrogen-bond donors (Lipinski definition) is 1. The number of carbonyl (C=O) groups excluding carboxylic acids is 2. The Hall–Kier alpha value is -1.55. The van der Waals surface area contributed by atoms with Crippen molar-refractivity contribution < 1.29 is 9.59 Å². The summed E-state index contributed by atoms with van der Waals surface area (Å²) in [6, 6.07) is 5.57. The Morgan fingerprint density at radius 3 is 2.59 bits per heavy atom. The summed E-state index contributed by atoms with van der Waals surface area (Å²) in [7, 11) is 0. The fourth-order valence-corrected chi connectivity index (χ4v) is 3.14. The predicted molar refractivity (Wildman–Crippen MR) is 89.1 cm³/mol. The third kappa shape index (κ3) is 4.47. The van der Waals surface area contributed by atoms with Gasteiger partial charge in [0.25, 0.3) is 0 Å². The smallest absolute Gasteiger partial charge is 0.244 e. The van der Waals surface area contributed by atoms with E-state index in [0.717, 1.165) is 31.2 Å². The maximum atomic E-state index is 12.3. The fourth-order valence-electron chi connectivity index (χ4n) is 2.96. The van der Waals surface area contributed by atoms with E-state index >= 15 is 0 Å². The summed E-state index contributed by atoms with van der Waals surface area (Å²) in [5.41, 5.74) is 1.65. The summed E-state index contributed by atoms with van der Waals surface area (Å²) in [4.78, 5) is 25.9. The van der Waals surface area contributed by atoms with E-state index in [0.29, 0.717) is 10.7 Å². The molecule has 4 nitrogen and oxygen atoms in total. The van der Waals surface area contributed by atoms with Crippen molar-refractivity contribution in [3.63, 3.8) is 0 Å². The van der Waals surface area contributed by atoms with Crippen LogP contribution in [0.25, 0.3) is 0 Å². The lowest BCUT2D eigenvalue weighted by Gasteiger charge is -2.33. The van der Waals surface area contributed by atoms with Crippen molar-refractivity contribution in [2.75, 3.05) is 11.9 Å². The Balaban J connectivity index is 2.01. The van der Waals surface area contributed by atoms with Crippen molar-refractivity contribution in [1.29, 1.82) is 0 Å². The normalized spacial score (nSPS) is 15.4. The molecule has 0 radical (unpaired) electrons. The van der Waals surface area contributed by atoms with Gasteiger partial charge in [-0.25, -0.2) is 0 Å². The third-order valence-electron chi connectivity index (χ3n) is 4.21. The highest BCUT2D eigenvalue weighted by molar-refractivity contribution is 6.31. The van der Waals surface area contributed by atoms with Gasteiger partial charge in [0, 0.05) is 23.7 Å². The highest BCUT2D eigenvalue weighted by Crippen LogP contribution is 2.23. The minimum Gasteiger partial charge on any atom is -0.331 e. The number of aryl methyl sites for hydroxylation is 1. The van der Waals surface area contributed by atoms with Gasteiger partial charge in [0.05, 0.1) is 0 Å². The summed E-state index contributed by atoms with van der Waals surface area (Å²) in [5.74, 6) is -0.212. The average molecular weight is 323 g/mol. The van der Waals surface area contributed by atoms with E-state index in [1.807, 2.05) is 13.0 Å². The standard InChI is InChI=1S/C17H23ClN2O2/c1-12-8-9-14(18)10-16(12)19-17(22)11-20(13(2)21)15-6-4-3-5-7-15/h8-10,15H,3-7,11H2,1-2H3,(H,19,22). The first-order valence-corrected chi connectivity index (χ1v) is 8.18. The van der Waals surface area contributed by atoms with Crippen LogP contribution in [0.1, 0.15) is 44.6 Å². The highest BCUT2D eigenvalue weighted by Gasteiger charge is 2.25. The van der Waals surface area contributed by atoms with Gasteiger partial charge in [0.1, 0.15) is 6.54 Å². The average Bonchev–Trinajstić information content (AvgIpc) is 2.49. The predicted octanol–water partition coefficient (Wildman–Crippen LogP) is 3.77. The van der Waals surface area contributed by atoms with Crippen LogP contribution in [0.4, 0.5) is 5.69 Å². The van der Waals surface area contributed by atoms with Gasteiger partial charge in [-0.2, -0.15) is 0 Å². The second kappa shape index (κ2) is 7.63. The summed E-state index contributed by atoms with van der Waals surface area (Å²) in [6.45, 7) is 3.55. The molecular weight excluding hydrogens is 300 g/mol. The SMILES string of the molecule is CC(=O)N(CC(=O)Nc1cc(Cl)ccc1C)C1CCCCC1. The van der Waals surface area contributed by atoms with E-state index in [9.17, 15) is 9.59 Å². The van der Waals surface area contributed by atoms with Crippen LogP contribution in [0, 0.1) is 6.92 Å². The lowest BCUT2D eigenvalue weighted by molar-refractivity contribution is -0.135. The molecule has 1 aliphatic carbocycles. The monoisotopic (exact) mass is 322 g/mol. The van der Waals surface area contributed by atoms with Gasteiger partial charge >= 0.3 is 0 Å². The first-order valence-electron chi connectivity index (χ1n) is 7.80. The number of halogens is 1. The number of nitrogens with zero attached hydrogens (tertiary/aromatic N) is 1. The van der Waals surface area contributed by atoms with Gasteiger partial charge in [-0.3, -0.25) is 9.59 Å². The molecule has 2 rings (SSSR count). The van der Waals surface area contributed by atoms with Crippen LogP contribution >= 0.6 is 11.6 Å². The van der Waals surface area contributed by atoms with Crippen LogP contribution < -0.4 is 5.32 Å². The number of nitrogens with one attached hydrogen (secondary N) is 1. The third-order valence-corrected chi connectivity index (χ3v) is 4.44. The molecule has 0 aliphatic heterocycles. The van der Waals surface area contributed by atoms with Gasteiger partial charge in [0.15, 0.2) is 0 Å². The molecule has 22 heavy (non-hydrogen) atoms. The van der Waals surface area contributed by atoms with Crippen molar-refractivity contribution in [3.05, 3.63) is 28.8 Å². The Bertz CT molecular complexity index is 554. The molecule has 120 valence electrons. The summed E-state index contributed by atoms with van der Waals surface area (Å²) < 4.78 is 0. The number of hydrogen-bond acceptors (Lipinski definition) is 2. The van der Waals surface area contributed by atoms with E-state index < -0.39 is 0 Å². The number of benzene rings is 1. The molecule has 1 saturated carbocycles. The van der Waals surface area contributed by atoms with Crippen LogP contribution in [0.5, 0.6) is 0 Å². The maximum absolute atomic E-state index is 12.3. The molecule has 1 N–H and O–H groups in total. The Morgan fingerprint density at radius 1 is 1.27 bits per heavy atom. The zero-order chi connectivity index (χ0) is 16.1. The summed E-state index contributed by atoms with van der Waals surface area (Å²) in [6.07, 6.45) is 5.45. The van der Waals surface area contributed by atoms with E-state index in [4.69, 9.17) is 11.6 Å². The zero-order valence-corrected chi connectivity index (χ0v) is 13.9. The fraction of sp³-hybridized carbons (Fsp3) is 0.529. The molecule has 0 bridgehead atoms. The van der Waals surface area contributed by atoms with E-state index in [-0.39, 0.29) is 24.4 Å². The minimum absolute atomic E-state index is 0.0372. The number of anilines is 1. The van der Waals surface area contributed by atoms with Crippen LogP contribution in [0.15, 0.2) is 18.2 Å². The van der Waals surface area contributed by atoms with Crippen molar-refractivity contribution in [3.8, 4) is 0 Å². The summed E-state index contributed by atoms with van der Waals surface area (Å²) >= 11 is 5.96. The van der Waals surface area contributed by atoms with Crippen LogP contribution in [-0.2, 0) is 9.59 Å². The van der Waals surface area contributed by atoms with Gasteiger partial charge in [0.2, 0.25) is 11.8 Å². The molecule has 1 aliphatic rings. The quantitative estimate of drug-likeness (QED) is 0.917. The highest BCUT2D eigenvalue weighted by atomic mass is 35.5. The van der Waals surface area contributed by atoms with Gasteiger partial charge in [-0.05, 0) is 37.5 Å². The first kappa shape index (κ1) is 16.8. The van der Waals surface area contributed by atoms with Crippen molar-refractivity contribution in [1.82, 2.24) is 4.90 Å². The largest absolute Gasteiger partial charge is 0.331 e. The minimum atomic E-state index is -0.175. The number of carbonyl (C=O) groups is 2.